The number of likely N-dealkylation sites (tertiary alicyclic amines) is 1. The van der Waals surface area contributed by atoms with Crippen LogP contribution in [0.4, 0.5) is 0 Å². The number of aromatic nitrogens is 2. The van der Waals surface area contributed by atoms with Crippen molar-refractivity contribution in [3.8, 4) is 0 Å². The molecule has 5 nitrogen and oxygen atoms in total. The molecule has 1 aromatic heterocycles. The number of hydrogen-bond acceptors (Lipinski definition) is 3. The van der Waals surface area contributed by atoms with E-state index in [0.717, 1.165) is 43.9 Å². The lowest BCUT2D eigenvalue weighted by molar-refractivity contribution is 0.0761. The quantitative estimate of drug-likeness (QED) is 0.777. The van der Waals surface area contributed by atoms with Gasteiger partial charge < -0.3 is 10.2 Å². The van der Waals surface area contributed by atoms with Crippen LogP contribution < -0.4 is 5.32 Å². The summed E-state index contributed by atoms with van der Waals surface area (Å²) in [5.41, 5.74) is 1.96. The van der Waals surface area contributed by atoms with Crippen molar-refractivity contribution >= 4 is 5.91 Å². The van der Waals surface area contributed by atoms with E-state index in [0.29, 0.717) is 5.41 Å². The molecule has 2 aliphatic rings. The van der Waals surface area contributed by atoms with Gasteiger partial charge in [0, 0.05) is 18.8 Å². The van der Waals surface area contributed by atoms with Crippen LogP contribution in [0.3, 0.4) is 0 Å². The van der Waals surface area contributed by atoms with Gasteiger partial charge in [-0.2, -0.15) is 5.10 Å². The van der Waals surface area contributed by atoms with E-state index < -0.39 is 0 Å². The molecule has 1 spiro atoms. The first-order chi connectivity index (χ1) is 8.70. The van der Waals surface area contributed by atoms with Crippen molar-refractivity contribution in [3.05, 3.63) is 17.5 Å². The van der Waals surface area contributed by atoms with E-state index in [2.05, 4.69) is 15.5 Å². The highest BCUT2D eigenvalue weighted by molar-refractivity contribution is 5.95. The summed E-state index contributed by atoms with van der Waals surface area (Å²) in [6, 6.07) is 0. The van der Waals surface area contributed by atoms with Crippen LogP contribution >= 0.6 is 0 Å². The number of hydrogen-bond donors (Lipinski definition) is 2. The zero-order valence-corrected chi connectivity index (χ0v) is 10.8. The smallest absolute Gasteiger partial charge is 0.257 e. The Balaban J connectivity index is 1.72. The van der Waals surface area contributed by atoms with Crippen LogP contribution in [0.25, 0.3) is 0 Å². The van der Waals surface area contributed by atoms with E-state index in [4.69, 9.17) is 0 Å². The summed E-state index contributed by atoms with van der Waals surface area (Å²) in [6.07, 6.45) is 5.19. The number of aryl methyl sites for hydroxylation is 1. The number of carbonyl (C=O) groups is 1. The summed E-state index contributed by atoms with van der Waals surface area (Å²) in [5, 5.41) is 10.2. The summed E-state index contributed by atoms with van der Waals surface area (Å²) < 4.78 is 0. The highest BCUT2D eigenvalue weighted by atomic mass is 16.2. The number of nitrogens with zero attached hydrogens (tertiary/aromatic N) is 2. The van der Waals surface area contributed by atoms with Crippen LogP contribution in [0.15, 0.2) is 6.20 Å². The zero-order valence-electron chi connectivity index (χ0n) is 10.8. The maximum absolute atomic E-state index is 12.4. The Hall–Kier alpha value is -1.36. The van der Waals surface area contributed by atoms with Crippen molar-refractivity contribution in [1.29, 1.82) is 0 Å². The molecule has 98 valence electrons. The summed E-state index contributed by atoms with van der Waals surface area (Å²) >= 11 is 0. The Bertz CT molecular complexity index is 448. The first-order valence-electron chi connectivity index (χ1n) is 6.70. The number of H-pyrrole nitrogens is 1. The van der Waals surface area contributed by atoms with Crippen molar-refractivity contribution in [2.75, 3.05) is 26.2 Å². The van der Waals surface area contributed by atoms with Crippen molar-refractivity contribution in [1.82, 2.24) is 20.4 Å². The predicted molar refractivity (Wildman–Crippen MR) is 68.4 cm³/mol. The molecule has 0 bridgehead atoms. The lowest BCUT2D eigenvalue weighted by atomic mass is 9.78. The van der Waals surface area contributed by atoms with E-state index in [-0.39, 0.29) is 5.91 Å². The summed E-state index contributed by atoms with van der Waals surface area (Å²) in [5.74, 6) is 0.136. The fourth-order valence-corrected chi connectivity index (χ4v) is 3.21. The van der Waals surface area contributed by atoms with Crippen molar-refractivity contribution in [2.24, 2.45) is 5.41 Å². The van der Waals surface area contributed by atoms with Gasteiger partial charge >= 0.3 is 0 Å². The van der Waals surface area contributed by atoms with E-state index in [9.17, 15) is 4.79 Å². The third-order valence-corrected chi connectivity index (χ3v) is 4.45. The molecule has 0 aromatic carbocycles. The van der Waals surface area contributed by atoms with Crippen molar-refractivity contribution in [3.63, 3.8) is 0 Å². The molecule has 18 heavy (non-hydrogen) atoms. The molecular weight excluding hydrogens is 228 g/mol. The molecule has 1 aromatic rings. The third kappa shape index (κ3) is 1.92. The first kappa shape index (κ1) is 11.7. The monoisotopic (exact) mass is 248 g/mol. The van der Waals surface area contributed by atoms with Crippen LogP contribution in [0, 0.1) is 12.3 Å². The predicted octanol–water partition coefficient (Wildman–Crippen LogP) is 0.934. The third-order valence-electron chi connectivity index (χ3n) is 4.45. The molecule has 3 heterocycles. The zero-order chi connectivity index (χ0) is 12.6. The minimum atomic E-state index is 0.136. The molecule has 1 amide bonds. The molecule has 0 atom stereocenters. The second-order valence-corrected chi connectivity index (χ2v) is 5.64. The number of aromatic amines is 1. The second kappa shape index (κ2) is 4.39. The minimum Gasteiger partial charge on any atom is -0.338 e. The molecule has 0 unspecified atom stereocenters. The lowest BCUT2D eigenvalue weighted by Crippen LogP contribution is -2.39. The minimum absolute atomic E-state index is 0.136. The molecule has 3 rings (SSSR count). The van der Waals surface area contributed by atoms with Crippen LogP contribution in [0.1, 0.15) is 35.3 Å². The largest absolute Gasteiger partial charge is 0.338 e. The summed E-state index contributed by atoms with van der Waals surface area (Å²) in [6.45, 7) is 5.89. The van der Waals surface area contributed by atoms with Gasteiger partial charge in [0.1, 0.15) is 0 Å². The van der Waals surface area contributed by atoms with Crippen LogP contribution in [-0.2, 0) is 0 Å². The Morgan fingerprint density at radius 1 is 1.39 bits per heavy atom. The second-order valence-electron chi connectivity index (χ2n) is 5.64. The van der Waals surface area contributed by atoms with Gasteiger partial charge in [-0.3, -0.25) is 9.89 Å². The molecule has 2 N–H and O–H groups in total. The van der Waals surface area contributed by atoms with Gasteiger partial charge in [0.15, 0.2) is 0 Å². The lowest BCUT2D eigenvalue weighted by Gasteiger charge is -2.33. The van der Waals surface area contributed by atoms with Gasteiger partial charge in [-0.25, -0.2) is 0 Å². The summed E-state index contributed by atoms with van der Waals surface area (Å²) in [4.78, 5) is 14.4. The normalized spacial score (nSPS) is 22.6. The molecule has 0 saturated carbocycles. The first-order valence-corrected chi connectivity index (χ1v) is 6.70. The molecule has 0 radical (unpaired) electrons. The molecule has 5 heteroatoms. The molecule has 2 aliphatic heterocycles. The van der Waals surface area contributed by atoms with Crippen LogP contribution in [0.2, 0.25) is 0 Å². The van der Waals surface area contributed by atoms with Crippen LogP contribution in [-0.4, -0.2) is 47.2 Å². The van der Waals surface area contributed by atoms with Gasteiger partial charge in [0.25, 0.3) is 5.91 Å². The van der Waals surface area contributed by atoms with Gasteiger partial charge in [-0.05, 0) is 44.7 Å². The maximum atomic E-state index is 12.4. The number of carbonyl (C=O) groups excluding carboxylic acids is 1. The Morgan fingerprint density at radius 3 is 2.83 bits per heavy atom. The molecular formula is C13H20N4O. The molecule has 2 fully saturated rings. The topological polar surface area (TPSA) is 61.0 Å². The fraction of sp³-hybridized carbons (Fsp3) is 0.692. The van der Waals surface area contributed by atoms with Gasteiger partial charge in [-0.1, -0.05) is 0 Å². The molecule has 2 saturated heterocycles. The Kier molecular flexibility index (Phi) is 2.86. The number of rotatable bonds is 1. The van der Waals surface area contributed by atoms with E-state index in [1.165, 1.54) is 12.8 Å². The number of nitrogens with one attached hydrogen (secondary N) is 2. The maximum Gasteiger partial charge on any atom is 0.257 e. The average molecular weight is 248 g/mol. The molecule has 0 aliphatic carbocycles. The van der Waals surface area contributed by atoms with E-state index >= 15 is 0 Å². The standard InChI is InChI=1S/C13H20N4O/c1-10-11(8-15-16-10)12(18)17-7-4-13(9-17)2-5-14-6-3-13/h8,14H,2-7,9H2,1H3,(H,15,16). The Labute approximate surface area is 107 Å². The van der Waals surface area contributed by atoms with E-state index in [1.807, 2.05) is 11.8 Å². The number of piperidine rings is 1. The highest BCUT2D eigenvalue weighted by Gasteiger charge is 2.40. The van der Waals surface area contributed by atoms with Gasteiger partial charge in [0.05, 0.1) is 11.8 Å². The SMILES string of the molecule is Cc1[nH]ncc1C(=O)N1CCC2(CCNCC2)C1. The fourth-order valence-electron chi connectivity index (χ4n) is 3.21. The van der Waals surface area contributed by atoms with Crippen molar-refractivity contribution in [2.45, 2.75) is 26.2 Å². The van der Waals surface area contributed by atoms with Gasteiger partial charge in [0.2, 0.25) is 0 Å². The van der Waals surface area contributed by atoms with E-state index in [1.54, 1.807) is 6.20 Å². The number of amides is 1. The van der Waals surface area contributed by atoms with Crippen molar-refractivity contribution < 1.29 is 4.79 Å². The summed E-state index contributed by atoms with van der Waals surface area (Å²) in [7, 11) is 0. The van der Waals surface area contributed by atoms with Crippen LogP contribution in [0.5, 0.6) is 0 Å². The highest BCUT2D eigenvalue weighted by Crippen LogP contribution is 2.39. The van der Waals surface area contributed by atoms with Gasteiger partial charge in [-0.15, -0.1) is 0 Å². The Morgan fingerprint density at radius 2 is 2.17 bits per heavy atom. The average Bonchev–Trinajstić information content (AvgIpc) is 2.97.